The van der Waals surface area contributed by atoms with Crippen molar-refractivity contribution in [1.29, 1.82) is 0 Å². The van der Waals surface area contributed by atoms with Crippen molar-refractivity contribution in [3.8, 4) is 0 Å². The van der Waals surface area contributed by atoms with E-state index >= 15 is 0 Å². The second kappa shape index (κ2) is 4.27. The van der Waals surface area contributed by atoms with Gasteiger partial charge in [-0.25, -0.2) is 0 Å². The third kappa shape index (κ3) is 4.31. The third-order valence-electron chi connectivity index (χ3n) is 0.912. The van der Waals surface area contributed by atoms with Crippen molar-refractivity contribution in [3.63, 3.8) is 0 Å². The highest BCUT2D eigenvalue weighted by molar-refractivity contribution is 9.10. The lowest BCUT2D eigenvalue weighted by molar-refractivity contribution is -0.136. The highest BCUT2D eigenvalue weighted by Gasteiger charge is 2.12. The van der Waals surface area contributed by atoms with Crippen molar-refractivity contribution < 1.29 is 14.7 Å². The molecule has 0 saturated heterocycles. The van der Waals surface area contributed by atoms with Gasteiger partial charge < -0.3 is 10.8 Å². The minimum Gasteiger partial charge on any atom is -0.480 e. The Morgan fingerprint density at radius 1 is 1.60 bits per heavy atom. The summed E-state index contributed by atoms with van der Waals surface area (Å²) in [6.07, 6.45) is 0.340. The molecule has 10 heavy (non-hydrogen) atoms. The SMILES string of the molecule is NC(=O)CC[C@H](Br)C(=O)O. The van der Waals surface area contributed by atoms with Crippen LogP contribution in [0.25, 0.3) is 0 Å². The van der Waals surface area contributed by atoms with E-state index in [1.54, 1.807) is 0 Å². The van der Waals surface area contributed by atoms with Crippen LogP contribution < -0.4 is 5.73 Å². The number of hydrogen-bond donors (Lipinski definition) is 2. The maximum atomic E-state index is 10.1. The van der Waals surface area contributed by atoms with Crippen LogP contribution in [0.4, 0.5) is 0 Å². The number of hydrogen-bond acceptors (Lipinski definition) is 2. The summed E-state index contributed by atoms with van der Waals surface area (Å²) in [5, 5.41) is 8.30. The fourth-order valence-corrected chi connectivity index (χ4v) is 0.621. The predicted octanol–water partition coefficient (Wildman–Crippen LogP) is 0.1000. The molecule has 1 amide bonds. The molecule has 0 saturated carbocycles. The van der Waals surface area contributed by atoms with Crippen molar-refractivity contribution in [2.75, 3.05) is 0 Å². The fraction of sp³-hybridized carbons (Fsp3) is 0.600. The van der Waals surface area contributed by atoms with Gasteiger partial charge in [-0.15, -0.1) is 0 Å². The first-order valence-corrected chi connectivity index (χ1v) is 3.60. The second-order valence-corrected chi connectivity index (χ2v) is 2.92. The number of halogens is 1. The lowest BCUT2D eigenvalue weighted by Crippen LogP contribution is -2.17. The number of carboxylic acids is 1. The number of aliphatic carboxylic acids is 1. The summed E-state index contributed by atoms with van der Waals surface area (Å²) < 4.78 is 0. The molecule has 58 valence electrons. The van der Waals surface area contributed by atoms with E-state index < -0.39 is 16.7 Å². The zero-order valence-electron chi connectivity index (χ0n) is 5.21. The lowest BCUT2D eigenvalue weighted by Gasteiger charge is -1.99. The Bertz CT molecular complexity index is 148. The summed E-state index contributed by atoms with van der Waals surface area (Å²) in [5.41, 5.74) is 4.79. The van der Waals surface area contributed by atoms with Crippen LogP contribution in [0.15, 0.2) is 0 Å². The molecule has 0 aromatic rings. The highest BCUT2D eigenvalue weighted by atomic mass is 79.9. The minimum absolute atomic E-state index is 0.0994. The first-order chi connectivity index (χ1) is 4.54. The van der Waals surface area contributed by atoms with Gasteiger partial charge in [-0.3, -0.25) is 9.59 Å². The van der Waals surface area contributed by atoms with Crippen molar-refractivity contribution in [2.45, 2.75) is 17.7 Å². The second-order valence-electron chi connectivity index (χ2n) is 1.81. The van der Waals surface area contributed by atoms with E-state index in [-0.39, 0.29) is 12.8 Å². The number of carbonyl (C=O) groups is 2. The Morgan fingerprint density at radius 3 is 2.40 bits per heavy atom. The van der Waals surface area contributed by atoms with Gasteiger partial charge in [0.05, 0.1) is 0 Å². The van der Waals surface area contributed by atoms with Gasteiger partial charge in [-0.1, -0.05) is 15.9 Å². The van der Waals surface area contributed by atoms with Crippen LogP contribution >= 0.6 is 15.9 Å². The van der Waals surface area contributed by atoms with Crippen LogP contribution in [-0.4, -0.2) is 21.8 Å². The standard InChI is InChI=1S/C5H8BrNO3/c6-3(5(9)10)1-2-4(7)8/h3H,1-2H2,(H2,7,8)(H,9,10)/t3-/m0/s1. The minimum atomic E-state index is -0.971. The molecule has 0 spiro atoms. The molecule has 0 aliphatic carbocycles. The topological polar surface area (TPSA) is 80.4 Å². The van der Waals surface area contributed by atoms with E-state index in [1.165, 1.54) is 0 Å². The normalized spacial score (nSPS) is 12.5. The van der Waals surface area contributed by atoms with Crippen molar-refractivity contribution >= 4 is 27.8 Å². The number of amides is 1. The largest absolute Gasteiger partial charge is 0.480 e. The van der Waals surface area contributed by atoms with Crippen LogP contribution in [0.5, 0.6) is 0 Å². The van der Waals surface area contributed by atoms with Gasteiger partial charge in [0.1, 0.15) is 4.83 Å². The number of carbonyl (C=O) groups excluding carboxylic acids is 1. The average molecular weight is 210 g/mol. The van der Waals surface area contributed by atoms with Gasteiger partial charge in [-0.2, -0.15) is 0 Å². The molecule has 0 aliphatic rings. The van der Waals surface area contributed by atoms with E-state index in [0.29, 0.717) is 0 Å². The molecule has 0 rings (SSSR count). The maximum absolute atomic E-state index is 10.1. The predicted molar refractivity (Wildman–Crippen MR) is 38.8 cm³/mol. The summed E-state index contributed by atoms with van der Waals surface area (Å²) >= 11 is 2.86. The highest BCUT2D eigenvalue weighted by Crippen LogP contribution is 2.06. The van der Waals surface area contributed by atoms with Gasteiger partial charge in [0.15, 0.2) is 0 Å². The fourth-order valence-electron chi connectivity index (χ4n) is 0.392. The van der Waals surface area contributed by atoms with Crippen LogP contribution in [0.3, 0.4) is 0 Å². The average Bonchev–Trinajstić information content (AvgIpc) is 1.82. The molecular formula is C5H8BrNO3. The van der Waals surface area contributed by atoms with Gasteiger partial charge in [0.25, 0.3) is 0 Å². The molecule has 0 unspecified atom stereocenters. The molecule has 0 fully saturated rings. The first-order valence-electron chi connectivity index (χ1n) is 2.69. The van der Waals surface area contributed by atoms with Gasteiger partial charge in [0, 0.05) is 6.42 Å². The number of nitrogens with two attached hydrogens (primary N) is 1. The number of alkyl halides is 1. The molecule has 0 aliphatic heterocycles. The van der Waals surface area contributed by atoms with Gasteiger partial charge >= 0.3 is 5.97 Å². The zero-order valence-corrected chi connectivity index (χ0v) is 6.80. The Hall–Kier alpha value is -0.580. The summed E-state index contributed by atoms with van der Waals surface area (Å²) in [7, 11) is 0. The molecule has 0 aromatic carbocycles. The molecule has 0 bridgehead atoms. The smallest absolute Gasteiger partial charge is 0.317 e. The van der Waals surface area contributed by atoms with E-state index in [0.717, 1.165) is 0 Å². The van der Waals surface area contributed by atoms with Crippen LogP contribution in [0.2, 0.25) is 0 Å². The maximum Gasteiger partial charge on any atom is 0.317 e. The summed E-state index contributed by atoms with van der Waals surface area (Å²) in [4.78, 5) is 19.6. The van der Waals surface area contributed by atoms with Crippen LogP contribution in [0, 0.1) is 0 Å². The number of carboxylic acid groups (broad SMARTS) is 1. The Balaban J connectivity index is 3.49. The lowest BCUT2D eigenvalue weighted by atomic mass is 10.2. The van der Waals surface area contributed by atoms with Crippen LogP contribution in [0.1, 0.15) is 12.8 Å². The molecule has 0 radical (unpaired) electrons. The summed E-state index contributed by atoms with van der Waals surface area (Å²) in [5.74, 6) is -1.45. The quantitative estimate of drug-likeness (QED) is 0.645. The molecule has 1 atom stereocenters. The Labute approximate surface area is 66.5 Å². The van der Waals surface area contributed by atoms with Gasteiger partial charge in [0.2, 0.25) is 5.91 Å². The molecule has 0 heterocycles. The molecule has 5 heteroatoms. The zero-order chi connectivity index (χ0) is 8.15. The van der Waals surface area contributed by atoms with Crippen molar-refractivity contribution in [2.24, 2.45) is 5.73 Å². The number of rotatable bonds is 4. The molecule has 3 N–H and O–H groups in total. The first kappa shape index (κ1) is 9.42. The summed E-state index contributed by atoms with van der Waals surface area (Å²) in [6, 6.07) is 0. The monoisotopic (exact) mass is 209 g/mol. The third-order valence-corrected chi connectivity index (χ3v) is 1.76. The van der Waals surface area contributed by atoms with Gasteiger partial charge in [-0.05, 0) is 6.42 Å². The van der Waals surface area contributed by atoms with Crippen molar-refractivity contribution in [1.82, 2.24) is 0 Å². The molecule has 0 aromatic heterocycles. The Morgan fingerprint density at radius 2 is 2.10 bits per heavy atom. The van der Waals surface area contributed by atoms with E-state index in [9.17, 15) is 9.59 Å². The Kier molecular flexibility index (Phi) is 4.02. The van der Waals surface area contributed by atoms with E-state index in [2.05, 4.69) is 15.9 Å². The number of primary amides is 1. The van der Waals surface area contributed by atoms with E-state index in [1.807, 2.05) is 0 Å². The van der Waals surface area contributed by atoms with Crippen LogP contribution in [-0.2, 0) is 9.59 Å². The molecular weight excluding hydrogens is 202 g/mol. The van der Waals surface area contributed by atoms with Crippen molar-refractivity contribution in [3.05, 3.63) is 0 Å². The summed E-state index contributed by atoms with van der Waals surface area (Å²) in [6.45, 7) is 0. The van der Waals surface area contributed by atoms with E-state index in [4.69, 9.17) is 10.8 Å². The molecule has 4 nitrogen and oxygen atoms in total.